The Hall–Kier alpha value is -2.47. The Morgan fingerprint density at radius 1 is 1.03 bits per heavy atom. The van der Waals surface area contributed by atoms with Crippen molar-refractivity contribution in [2.75, 3.05) is 10.0 Å². The van der Waals surface area contributed by atoms with Crippen LogP contribution in [0.5, 0.6) is 0 Å². The maximum atomic E-state index is 13.1. The van der Waals surface area contributed by atoms with Crippen LogP contribution >= 0.6 is 23.2 Å². The molecule has 3 atom stereocenters. The smallest absolute Gasteiger partial charge is 0.261 e. The van der Waals surface area contributed by atoms with Crippen molar-refractivity contribution < 1.29 is 8.42 Å². The molecule has 2 N–H and O–H groups in total. The van der Waals surface area contributed by atoms with Gasteiger partial charge in [-0.2, -0.15) is 0 Å². The second kappa shape index (κ2) is 8.14. The third-order valence-electron chi connectivity index (χ3n) is 6.24. The highest BCUT2D eigenvalue weighted by Gasteiger charge is 2.38. The minimum absolute atomic E-state index is 0.154. The largest absolute Gasteiger partial charge is 0.378 e. The number of allylic oxidation sites excluding steroid dienone is 2. The molecule has 0 aromatic heterocycles. The molecule has 0 radical (unpaired) electrons. The summed E-state index contributed by atoms with van der Waals surface area (Å²) in [5, 5.41) is 4.14. The summed E-state index contributed by atoms with van der Waals surface area (Å²) < 4.78 is 28.8. The minimum Gasteiger partial charge on any atom is -0.378 e. The lowest BCUT2D eigenvalue weighted by Gasteiger charge is -2.37. The first-order valence-corrected chi connectivity index (χ1v) is 12.7. The Labute approximate surface area is 198 Å². The molecule has 0 amide bonds. The van der Waals surface area contributed by atoms with Crippen molar-refractivity contribution in [2.24, 2.45) is 5.92 Å². The number of fused-ring (bicyclic) bond motifs is 3. The van der Waals surface area contributed by atoms with Gasteiger partial charge in [-0.3, -0.25) is 4.72 Å². The van der Waals surface area contributed by atoms with Crippen LogP contribution in [0.3, 0.4) is 0 Å². The number of aryl methyl sites for hydroxylation is 1. The fraction of sp³-hybridized carbons (Fsp3) is 0.200. The van der Waals surface area contributed by atoms with Crippen molar-refractivity contribution in [1.82, 2.24) is 0 Å². The predicted octanol–water partition coefficient (Wildman–Crippen LogP) is 6.93. The number of hydrogen-bond donors (Lipinski definition) is 2. The van der Waals surface area contributed by atoms with E-state index in [-0.39, 0.29) is 27.6 Å². The average molecular weight is 485 g/mol. The molecule has 1 aliphatic heterocycles. The summed E-state index contributed by atoms with van der Waals surface area (Å²) in [5.41, 5.74) is 4.69. The number of benzene rings is 3. The number of hydrogen-bond acceptors (Lipinski definition) is 3. The summed E-state index contributed by atoms with van der Waals surface area (Å²) in [5.74, 6) is 0.485. The highest BCUT2D eigenvalue weighted by molar-refractivity contribution is 7.92. The van der Waals surface area contributed by atoms with Gasteiger partial charge in [-0.05, 0) is 60.7 Å². The van der Waals surface area contributed by atoms with Crippen molar-refractivity contribution in [1.29, 1.82) is 0 Å². The molecule has 4 nitrogen and oxygen atoms in total. The van der Waals surface area contributed by atoms with Crippen LogP contribution in [0.2, 0.25) is 10.0 Å². The lowest BCUT2D eigenvalue weighted by Crippen LogP contribution is -2.29. The molecule has 164 valence electrons. The first-order valence-electron chi connectivity index (χ1n) is 10.4. The molecule has 2 aliphatic rings. The molecule has 3 aromatic rings. The third-order valence-corrected chi connectivity index (χ3v) is 8.42. The van der Waals surface area contributed by atoms with Crippen LogP contribution in [0.1, 0.15) is 35.1 Å². The maximum absolute atomic E-state index is 13.1. The zero-order chi connectivity index (χ0) is 22.5. The van der Waals surface area contributed by atoms with Gasteiger partial charge in [0.05, 0.1) is 26.7 Å². The fourth-order valence-electron chi connectivity index (χ4n) is 4.72. The predicted molar refractivity (Wildman–Crippen MR) is 131 cm³/mol. The first kappa shape index (κ1) is 21.4. The molecule has 32 heavy (non-hydrogen) atoms. The van der Waals surface area contributed by atoms with Gasteiger partial charge in [-0.1, -0.05) is 71.2 Å². The van der Waals surface area contributed by atoms with Gasteiger partial charge in [0.25, 0.3) is 10.0 Å². The van der Waals surface area contributed by atoms with Crippen LogP contribution in [0.4, 0.5) is 11.4 Å². The fourth-order valence-corrected chi connectivity index (χ4v) is 6.23. The Kier molecular flexibility index (Phi) is 5.44. The van der Waals surface area contributed by atoms with Crippen LogP contribution in [0.15, 0.2) is 77.7 Å². The summed E-state index contributed by atoms with van der Waals surface area (Å²) in [6, 6.07) is 18.8. The Morgan fingerprint density at radius 2 is 1.84 bits per heavy atom. The maximum Gasteiger partial charge on any atom is 0.261 e. The number of anilines is 2. The standard InChI is InChI=1S/C25H22Cl2N2O2S/c1-15-5-2-6-16(13-15)25-19-8-3-7-18(19)20-14-17(11-12-22(20)28-25)32(30,31)29-23-10-4-9-21(26)24(23)27/h2-7,9-14,18-19,25,28-29H,8H2,1H3/t18-,19+,25+/m0/s1. The molecule has 1 heterocycles. The lowest BCUT2D eigenvalue weighted by atomic mass is 9.77. The summed E-state index contributed by atoms with van der Waals surface area (Å²) in [4.78, 5) is 0.196. The molecule has 0 spiro atoms. The summed E-state index contributed by atoms with van der Waals surface area (Å²) in [7, 11) is -3.83. The zero-order valence-corrected chi connectivity index (χ0v) is 19.7. The van der Waals surface area contributed by atoms with Crippen molar-refractivity contribution in [3.63, 3.8) is 0 Å². The zero-order valence-electron chi connectivity index (χ0n) is 17.3. The van der Waals surface area contributed by atoms with Gasteiger partial charge in [0.2, 0.25) is 0 Å². The van der Waals surface area contributed by atoms with Crippen molar-refractivity contribution in [2.45, 2.75) is 30.2 Å². The molecule has 3 aromatic carbocycles. The third kappa shape index (κ3) is 3.79. The van der Waals surface area contributed by atoms with E-state index in [0.29, 0.717) is 10.9 Å². The SMILES string of the molecule is Cc1cccc([C@H]2Nc3ccc(S(=O)(=O)Nc4cccc(Cl)c4Cl)cc3[C@H]3C=CC[C@H]32)c1. The Bertz CT molecular complexity index is 1340. The van der Waals surface area contributed by atoms with Crippen molar-refractivity contribution >= 4 is 44.6 Å². The van der Waals surface area contributed by atoms with Crippen LogP contribution in [-0.2, 0) is 10.0 Å². The van der Waals surface area contributed by atoms with Crippen molar-refractivity contribution in [3.8, 4) is 0 Å². The van der Waals surface area contributed by atoms with Crippen LogP contribution < -0.4 is 10.0 Å². The monoisotopic (exact) mass is 484 g/mol. The lowest BCUT2D eigenvalue weighted by molar-refractivity contribution is 0.425. The summed E-state index contributed by atoms with van der Waals surface area (Å²) in [6.07, 6.45) is 5.34. The molecule has 0 fully saturated rings. The molecule has 1 aliphatic carbocycles. The van der Waals surface area contributed by atoms with E-state index in [2.05, 4.69) is 53.4 Å². The molecule has 0 saturated heterocycles. The normalized spacial score (nSPS) is 21.5. The second-order valence-electron chi connectivity index (χ2n) is 8.35. The van der Waals surface area contributed by atoms with E-state index in [0.717, 1.165) is 17.7 Å². The van der Waals surface area contributed by atoms with Crippen LogP contribution in [-0.4, -0.2) is 8.42 Å². The van der Waals surface area contributed by atoms with E-state index < -0.39 is 10.0 Å². The minimum atomic E-state index is -3.83. The van der Waals surface area contributed by atoms with Gasteiger partial charge in [0, 0.05) is 11.6 Å². The number of halogens is 2. The first-order chi connectivity index (χ1) is 15.3. The van der Waals surface area contributed by atoms with Gasteiger partial charge in [0.15, 0.2) is 0 Å². The summed E-state index contributed by atoms with van der Waals surface area (Å²) >= 11 is 12.2. The van der Waals surface area contributed by atoms with Gasteiger partial charge in [-0.15, -0.1) is 0 Å². The highest BCUT2D eigenvalue weighted by atomic mass is 35.5. The van der Waals surface area contributed by atoms with Gasteiger partial charge in [0.1, 0.15) is 0 Å². The van der Waals surface area contributed by atoms with Gasteiger partial charge in [-0.25, -0.2) is 8.42 Å². The molecule has 0 saturated carbocycles. The molecular formula is C25H22Cl2N2O2S. The Balaban J connectivity index is 1.50. The second-order valence-corrected chi connectivity index (χ2v) is 10.8. The van der Waals surface area contributed by atoms with E-state index in [4.69, 9.17) is 23.2 Å². The van der Waals surface area contributed by atoms with Crippen LogP contribution in [0, 0.1) is 12.8 Å². The van der Waals surface area contributed by atoms with Gasteiger partial charge < -0.3 is 5.32 Å². The van der Waals surface area contributed by atoms with E-state index >= 15 is 0 Å². The topological polar surface area (TPSA) is 58.2 Å². The Morgan fingerprint density at radius 3 is 2.66 bits per heavy atom. The van der Waals surface area contributed by atoms with E-state index in [1.165, 1.54) is 11.1 Å². The number of sulfonamides is 1. The average Bonchev–Trinajstić information content (AvgIpc) is 3.26. The summed E-state index contributed by atoms with van der Waals surface area (Å²) in [6.45, 7) is 2.10. The van der Waals surface area contributed by atoms with Gasteiger partial charge >= 0.3 is 0 Å². The van der Waals surface area contributed by atoms with Crippen LogP contribution in [0.25, 0.3) is 0 Å². The number of rotatable bonds is 4. The molecule has 7 heteroatoms. The van der Waals surface area contributed by atoms with Crippen molar-refractivity contribution in [3.05, 3.63) is 99.6 Å². The number of nitrogens with one attached hydrogen (secondary N) is 2. The van der Waals surface area contributed by atoms with E-state index in [9.17, 15) is 8.42 Å². The van der Waals surface area contributed by atoms with E-state index in [1.54, 1.807) is 30.3 Å². The highest BCUT2D eigenvalue weighted by Crippen LogP contribution is 2.50. The van der Waals surface area contributed by atoms with E-state index in [1.807, 2.05) is 6.07 Å². The molecule has 5 rings (SSSR count). The molecule has 0 unspecified atom stereocenters. The molecular weight excluding hydrogens is 463 g/mol. The quantitative estimate of drug-likeness (QED) is 0.394. The molecule has 0 bridgehead atoms.